The third-order valence-electron chi connectivity index (χ3n) is 9.47. The summed E-state index contributed by atoms with van der Waals surface area (Å²) in [6.07, 6.45) is 4.96. The monoisotopic (exact) mass is 719 g/mol. The van der Waals surface area contributed by atoms with E-state index in [0.29, 0.717) is 58.7 Å². The highest BCUT2D eigenvalue weighted by molar-refractivity contribution is 6.31. The Morgan fingerprint density at radius 3 is 2.33 bits per heavy atom. The van der Waals surface area contributed by atoms with E-state index in [0.717, 1.165) is 33.4 Å². The largest absolute Gasteiger partial charge is 0.355 e. The van der Waals surface area contributed by atoms with Crippen LogP contribution in [0.2, 0.25) is 10.0 Å². The van der Waals surface area contributed by atoms with Crippen molar-refractivity contribution in [1.29, 1.82) is 0 Å². The van der Waals surface area contributed by atoms with Crippen molar-refractivity contribution in [3.63, 3.8) is 0 Å². The molecular formula is C40H39Cl2N7O2. The zero-order valence-electron chi connectivity index (χ0n) is 28.7. The smallest absolute Gasteiger partial charge is 0.272 e. The molecule has 1 unspecified atom stereocenters. The lowest BCUT2D eigenvalue weighted by Gasteiger charge is -2.33. The molecule has 3 N–H and O–H groups in total. The average Bonchev–Trinajstić information content (AvgIpc) is 3.73. The van der Waals surface area contributed by atoms with Gasteiger partial charge in [0.1, 0.15) is 5.69 Å². The first-order valence-electron chi connectivity index (χ1n) is 17.2. The first-order chi connectivity index (χ1) is 24.7. The number of hydrogen-bond donors (Lipinski definition) is 3. The van der Waals surface area contributed by atoms with E-state index in [1.807, 2.05) is 105 Å². The van der Waals surface area contributed by atoms with Gasteiger partial charge in [0, 0.05) is 63.3 Å². The van der Waals surface area contributed by atoms with Crippen LogP contribution in [0.15, 0.2) is 97.5 Å². The second-order valence-corrected chi connectivity index (χ2v) is 14.1. The summed E-state index contributed by atoms with van der Waals surface area (Å²) in [7, 11) is 0. The maximum Gasteiger partial charge on any atom is 0.272 e. The van der Waals surface area contributed by atoms with E-state index in [2.05, 4.69) is 37.0 Å². The van der Waals surface area contributed by atoms with Crippen LogP contribution in [-0.4, -0.2) is 50.5 Å². The molecular weight excluding hydrogens is 681 g/mol. The van der Waals surface area contributed by atoms with Crippen molar-refractivity contribution in [3.8, 4) is 22.5 Å². The molecule has 6 aromatic rings. The fourth-order valence-electron chi connectivity index (χ4n) is 6.88. The molecule has 0 saturated carbocycles. The van der Waals surface area contributed by atoms with Crippen molar-refractivity contribution in [2.75, 3.05) is 23.3 Å². The zero-order chi connectivity index (χ0) is 35.6. The average molecular weight is 721 g/mol. The standard InChI is InChI=1S/C40H39Cl2N7O2/c1-24(2)45-39(50)28-17-20-48(21-18-28)38-32(10-7-19-43-38)47-40(51)36-34(31-16-15-30(42)22-33(31)46-36)37-35(27-8-5-4-6-9-27)44-23-49(37)25(3)26-11-13-29(41)14-12-26/h4-16,19,22-25,28,46H,17-18,20-21H2,1-3H3,(H,45,50)(H,47,51). The molecule has 1 aliphatic heterocycles. The molecule has 1 aliphatic rings. The van der Waals surface area contributed by atoms with Crippen LogP contribution < -0.4 is 15.5 Å². The van der Waals surface area contributed by atoms with E-state index < -0.39 is 0 Å². The number of hydrogen-bond acceptors (Lipinski definition) is 5. The summed E-state index contributed by atoms with van der Waals surface area (Å²) in [6, 6.07) is 27.0. The Kier molecular flexibility index (Phi) is 9.84. The molecule has 7 rings (SSSR count). The summed E-state index contributed by atoms with van der Waals surface area (Å²) in [5.74, 6) is 0.375. The number of fused-ring (bicyclic) bond motifs is 1. The van der Waals surface area contributed by atoms with Crippen molar-refractivity contribution in [1.82, 2.24) is 24.8 Å². The summed E-state index contributed by atoms with van der Waals surface area (Å²) in [5.41, 5.74) is 5.87. The van der Waals surface area contributed by atoms with Crippen LogP contribution in [0.5, 0.6) is 0 Å². The molecule has 0 radical (unpaired) electrons. The van der Waals surface area contributed by atoms with Crippen molar-refractivity contribution < 1.29 is 9.59 Å². The number of pyridine rings is 1. The SMILES string of the molecule is CC(C)NC(=O)C1CCN(c2ncccc2NC(=O)c2[nH]c3cc(Cl)ccc3c2-c2c(-c3ccccc3)ncn2C(C)c2ccc(Cl)cc2)CC1. The molecule has 11 heteroatoms. The topological polar surface area (TPSA) is 108 Å². The van der Waals surface area contributed by atoms with Gasteiger partial charge in [-0.3, -0.25) is 9.59 Å². The Balaban J connectivity index is 1.29. The number of rotatable bonds is 9. The quantitative estimate of drug-likeness (QED) is 0.138. The maximum atomic E-state index is 14.6. The number of aromatic nitrogens is 4. The number of anilines is 2. The van der Waals surface area contributed by atoms with E-state index in [1.165, 1.54) is 0 Å². The Bertz CT molecular complexity index is 2190. The number of carbonyl (C=O) groups is 2. The van der Waals surface area contributed by atoms with E-state index in [4.69, 9.17) is 28.2 Å². The van der Waals surface area contributed by atoms with Gasteiger partial charge < -0.3 is 25.1 Å². The Morgan fingerprint density at radius 1 is 0.882 bits per heavy atom. The van der Waals surface area contributed by atoms with Gasteiger partial charge in [0.05, 0.1) is 29.4 Å². The third-order valence-corrected chi connectivity index (χ3v) is 9.95. The number of halogens is 2. The van der Waals surface area contributed by atoms with E-state index in [-0.39, 0.29) is 29.8 Å². The number of imidazole rings is 1. The molecule has 3 aromatic carbocycles. The number of amides is 2. The number of nitrogens with zero attached hydrogens (tertiary/aromatic N) is 4. The van der Waals surface area contributed by atoms with Crippen LogP contribution in [0.4, 0.5) is 11.5 Å². The summed E-state index contributed by atoms with van der Waals surface area (Å²) in [6.45, 7) is 7.34. The molecule has 1 atom stereocenters. The van der Waals surface area contributed by atoms with Crippen LogP contribution in [0.3, 0.4) is 0 Å². The summed E-state index contributed by atoms with van der Waals surface area (Å²) in [5, 5.41) is 8.25. The number of piperidine rings is 1. The van der Waals surface area contributed by atoms with Crippen molar-refractivity contribution in [3.05, 3.63) is 119 Å². The molecule has 0 bridgehead atoms. The van der Waals surface area contributed by atoms with Gasteiger partial charge >= 0.3 is 0 Å². The van der Waals surface area contributed by atoms with Crippen LogP contribution in [0.25, 0.3) is 33.4 Å². The molecule has 4 heterocycles. The fraction of sp³-hybridized carbons (Fsp3) is 0.250. The number of H-pyrrole nitrogens is 1. The minimum atomic E-state index is -0.330. The predicted molar refractivity (Wildman–Crippen MR) is 206 cm³/mol. The Morgan fingerprint density at radius 2 is 1.61 bits per heavy atom. The minimum absolute atomic E-state index is 0.0509. The van der Waals surface area contributed by atoms with Crippen molar-refractivity contribution in [2.45, 2.75) is 45.7 Å². The van der Waals surface area contributed by atoms with Gasteiger partial charge in [-0.25, -0.2) is 9.97 Å². The maximum absolute atomic E-state index is 14.6. The van der Waals surface area contributed by atoms with Gasteiger partial charge in [-0.15, -0.1) is 0 Å². The Labute approximate surface area is 307 Å². The highest BCUT2D eigenvalue weighted by atomic mass is 35.5. The molecule has 0 spiro atoms. The van der Waals surface area contributed by atoms with Crippen LogP contribution in [0, 0.1) is 5.92 Å². The van der Waals surface area contributed by atoms with Crippen LogP contribution >= 0.6 is 23.2 Å². The van der Waals surface area contributed by atoms with Gasteiger partial charge in [-0.2, -0.15) is 0 Å². The van der Waals surface area contributed by atoms with Gasteiger partial charge in [0.25, 0.3) is 5.91 Å². The van der Waals surface area contributed by atoms with Gasteiger partial charge in [0.15, 0.2) is 5.82 Å². The minimum Gasteiger partial charge on any atom is -0.355 e. The summed E-state index contributed by atoms with van der Waals surface area (Å²) >= 11 is 12.7. The summed E-state index contributed by atoms with van der Waals surface area (Å²) in [4.78, 5) is 42.4. The number of nitrogens with one attached hydrogen (secondary N) is 3. The van der Waals surface area contributed by atoms with E-state index in [1.54, 1.807) is 6.20 Å². The highest BCUT2D eigenvalue weighted by Gasteiger charge is 2.30. The van der Waals surface area contributed by atoms with Crippen molar-refractivity contribution in [2.24, 2.45) is 5.92 Å². The number of benzene rings is 3. The molecule has 51 heavy (non-hydrogen) atoms. The van der Waals surface area contributed by atoms with Crippen LogP contribution in [-0.2, 0) is 4.79 Å². The fourth-order valence-corrected chi connectivity index (χ4v) is 7.18. The number of carbonyl (C=O) groups excluding carboxylic acids is 2. The van der Waals surface area contributed by atoms with E-state index in [9.17, 15) is 9.59 Å². The predicted octanol–water partition coefficient (Wildman–Crippen LogP) is 9.00. The lowest BCUT2D eigenvalue weighted by atomic mass is 9.95. The number of aromatic amines is 1. The second kappa shape index (κ2) is 14.6. The molecule has 3 aromatic heterocycles. The van der Waals surface area contributed by atoms with E-state index >= 15 is 0 Å². The van der Waals surface area contributed by atoms with Gasteiger partial charge in [-0.05, 0) is 75.6 Å². The lowest BCUT2D eigenvalue weighted by molar-refractivity contribution is -0.126. The highest BCUT2D eigenvalue weighted by Crippen LogP contribution is 2.42. The lowest BCUT2D eigenvalue weighted by Crippen LogP contribution is -2.42. The molecule has 1 saturated heterocycles. The third kappa shape index (κ3) is 7.09. The Hall–Kier alpha value is -5.12. The summed E-state index contributed by atoms with van der Waals surface area (Å²) < 4.78 is 2.11. The first kappa shape index (κ1) is 34.3. The molecule has 9 nitrogen and oxygen atoms in total. The van der Waals surface area contributed by atoms with Gasteiger partial charge in [-0.1, -0.05) is 71.7 Å². The molecule has 2 amide bonds. The molecule has 260 valence electrons. The van der Waals surface area contributed by atoms with Crippen molar-refractivity contribution >= 4 is 57.4 Å². The zero-order valence-corrected chi connectivity index (χ0v) is 30.2. The molecule has 0 aliphatic carbocycles. The molecule has 1 fully saturated rings. The second-order valence-electron chi connectivity index (χ2n) is 13.3. The van der Waals surface area contributed by atoms with Crippen LogP contribution in [0.1, 0.15) is 55.7 Å². The normalized spacial score (nSPS) is 14.2. The van der Waals surface area contributed by atoms with Gasteiger partial charge in [0.2, 0.25) is 5.91 Å². The first-order valence-corrected chi connectivity index (χ1v) is 17.9.